The van der Waals surface area contributed by atoms with Gasteiger partial charge in [0.05, 0.1) is 56.3 Å². The molecule has 0 aliphatic carbocycles. The van der Waals surface area contributed by atoms with Crippen molar-refractivity contribution in [2.24, 2.45) is 40.1 Å². The fraction of sp³-hybridized carbons (Fsp3) is 0.836. The van der Waals surface area contributed by atoms with E-state index in [9.17, 15) is 58.5 Å². The number of nitrogens with one attached hydrogen (secondary N) is 7. The predicted molar refractivity (Wildman–Crippen MR) is 392 cm³/mol. The first-order chi connectivity index (χ1) is 48.3. The van der Waals surface area contributed by atoms with Crippen molar-refractivity contribution in [1.82, 2.24) is 46.8 Å². The monoisotopic (exact) mass is 1430 g/mol. The minimum atomic E-state index is -1.74. The first-order valence-corrected chi connectivity index (χ1v) is 38.8. The molecule has 14 atom stereocenters. The second-order valence-corrected chi connectivity index (χ2v) is 29.4. The molecular formula is C73H136N16O12. The van der Waals surface area contributed by atoms with Crippen LogP contribution in [0.2, 0.25) is 0 Å². The van der Waals surface area contributed by atoms with Crippen LogP contribution in [-0.4, -0.2) is 181 Å². The SMILES string of the molecule is CC(N)CCCCCCCC(N)CCCCCCCC(N)CCCCCCCC(N)CCCCCCCC(N)CCCCCCCC(O)CCNC(=O)CC(O)C1CCCN1C(=O)C1NC(=O)C(CC(N)=O)NC(=O)C(NC(=O)[C@H](Cc2cnc[nH]2)NC(=O)CC(N)C(=O)O)CC(=O)NC1C. The van der Waals surface area contributed by atoms with Gasteiger partial charge in [-0.2, -0.15) is 0 Å². The van der Waals surface area contributed by atoms with Gasteiger partial charge in [-0.3, -0.25) is 43.2 Å². The number of unbranched alkanes of at least 4 members (excludes halogenated alkanes) is 20. The van der Waals surface area contributed by atoms with Crippen LogP contribution < -0.4 is 72.0 Å². The number of amides is 8. The van der Waals surface area contributed by atoms with Crippen LogP contribution in [0.1, 0.15) is 289 Å². The largest absolute Gasteiger partial charge is 0.480 e. The number of primary amides is 1. The Kier molecular flexibility index (Phi) is 46.9. The molecule has 8 amide bonds. The van der Waals surface area contributed by atoms with Crippen LogP contribution in [0, 0.1) is 0 Å². The summed E-state index contributed by atoms with van der Waals surface area (Å²) >= 11 is 0. The summed E-state index contributed by atoms with van der Waals surface area (Å²) in [6.07, 6.45) is 39.6. The highest BCUT2D eigenvalue weighted by Gasteiger charge is 2.42. The molecule has 28 nitrogen and oxygen atoms in total. The molecule has 1 aromatic heterocycles. The number of carbonyl (C=O) groups is 9. The molecule has 101 heavy (non-hydrogen) atoms. The van der Waals surface area contributed by atoms with Gasteiger partial charge in [-0.05, 0) is 97.3 Å². The Bertz CT molecular complexity index is 2500. The lowest BCUT2D eigenvalue weighted by Crippen LogP contribution is -2.62. The number of likely N-dealkylation sites (tertiary alicyclic amines) is 1. The Morgan fingerprint density at radius 3 is 1.51 bits per heavy atom. The lowest BCUT2D eigenvalue weighted by Gasteiger charge is -2.34. The average Bonchev–Trinajstić information content (AvgIpc) is 1.73. The van der Waals surface area contributed by atoms with Crippen molar-refractivity contribution in [3.8, 4) is 0 Å². The van der Waals surface area contributed by atoms with E-state index in [1.54, 1.807) is 0 Å². The highest BCUT2D eigenvalue weighted by molar-refractivity contribution is 5.99. The van der Waals surface area contributed by atoms with Gasteiger partial charge >= 0.3 is 5.97 Å². The molecule has 0 radical (unpaired) electrons. The van der Waals surface area contributed by atoms with E-state index >= 15 is 0 Å². The van der Waals surface area contributed by atoms with Crippen molar-refractivity contribution in [1.29, 1.82) is 0 Å². The third-order valence-electron chi connectivity index (χ3n) is 19.9. The van der Waals surface area contributed by atoms with Crippen LogP contribution in [-0.2, 0) is 49.6 Å². The number of nitrogens with zero attached hydrogens (tertiary/aromatic N) is 2. The molecule has 580 valence electrons. The van der Waals surface area contributed by atoms with E-state index in [0.29, 0.717) is 55.5 Å². The lowest BCUT2D eigenvalue weighted by atomic mass is 9.98. The standard InChI is InChI=1S/C73H136N16O12/c1-50(74)29-18-8-3-9-19-30-52(75)31-20-10-4-11-21-32-53(76)33-22-12-5-13-23-34-54(77)35-24-14-6-15-25-36-55(78)37-26-16-7-17-27-38-57(90)40-41-82-65(93)47-63(91)62-39-28-42-89(62)72(99)68-51(2)84-67(95)46-61(70(97)86-60(45-64(80)92)71(98)88-68)87-69(96)59(43-56-48-81-49-83-56)85-66(94)44-58(79)73(100)101/h48-55,57-63,68,90-91H,3-47,74-79H2,1-2H3,(H2,80,92)(H,81,83)(H,82,93)(H,84,95)(H,85,94)(H,86,97)(H,87,96)(H,88,98)(H,100,101)/t50?,51?,52?,53?,54?,55?,57?,58?,59-,60?,61?,62?,63?,68?/m0/s1. The summed E-state index contributed by atoms with van der Waals surface area (Å²) in [6, 6.07) is -8.56. The van der Waals surface area contributed by atoms with Crippen molar-refractivity contribution >= 4 is 53.2 Å². The molecule has 24 N–H and O–H groups in total. The van der Waals surface area contributed by atoms with E-state index in [1.807, 2.05) is 0 Å². The van der Waals surface area contributed by atoms with Gasteiger partial charge in [0.25, 0.3) is 0 Å². The van der Waals surface area contributed by atoms with Gasteiger partial charge < -0.3 is 97.2 Å². The number of nitrogens with two attached hydrogens (primary N) is 7. The van der Waals surface area contributed by atoms with E-state index in [0.717, 1.165) is 89.9 Å². The molecule has 3 heterocycles. The number of aromatic nitrogens is 2. The van der Waals surface area contributed by atoms with Crippen LogP contribution >= 0.6 is 0 Å². The van der Waals surface area contributed by atoms with Gasteiger partial charge in [0, 0.05) is 61.6 Å². The van der Waals surface area contributed by atoms with Crippen molar-refractivity contribution in [2.75, 3.05) is 13.1 Å². The maximum absolute atomic E-state index is 14.4. The van der Waals surface area contributed by atoms with E-state index < -0.39 is 127 Å². The Balaban J connectivity index is 1.23. The molecule has 28 heteroatoms. The average molecular weight is 1430 g/mol. The molecule has 2 aliphatic rings. The van der Waals surface area contributed by atoms with E-state index in [-0.39, 0.29) is 32.0 Å². The van der Waals surface area contributed by atoms with Gasteiger partial charge in [-0.15, -0.1) is 0 Å². The number of hydrogen-bond donors (Lipinski definition) is 17. The number of hydrogen-bond acceptors (Lipinski definition) is 18. The number of aliphatic hydroxyl groups is 2. The van der Waals surface area contributed by atoms with Gasteiger partial charge in [0.2, 0.25) is 47.3 Å². The van der Waals surface area contributed by atoms with Gasteiger partial charge in [0.15, 0.2) is 0 Å². The van der Waals surface area contributed by atoms with Crippen LogP contribution in [0.4, 0.5) is 0 Å². The first-order valence-electron chi connectivity index (χ1n) is 38.8. The van der Waals surface area contributed by atoms with Crippen LogP contribution in [0.15, 0.2) is 12.5 Å². The number of H-pyrrole nitrogens is 1. The number of aliphatic hydroxyl groups excluding tert-OH is 2. The molecule has 0 bridgehead atoms. The summed E-state index contributed by atoms with van der Waals surface area (Å²) < 4.78 is 0. The van der Waals surface area contributed by atoms with Crippen LogP contribution in [0.3, 0.4) is 0 Å². The Morgan fingerprint density at radius 2 is 1.07 bits per heavy atom. The molecule has 3 rings (SSSR count). The van der Waals surface area contributed by atoms with Crippen molar-refractivity contribution in [3.05, 3.63) is 18.2 Å². The molecule has 0 spiro atoms. The third-order valence-corrected chi connectivity index (χ3v) is 19.9. The second-order valence-electron chi connectivity index (χ2n) is 29.4. The van der Waals surface area contributed by atoms with Gasteiger partial charge in [-0.25, -0.2) is 4.98 Å². The molecule has 0 aromatic carbocycles. The summed E-state index contributed by atoms with van der Waals surface area (Å²) in [5.41, 5.74) is 43.0. The molecule has 2 fully saturated rings. The molecule has 2 aliphatic heterocycles. The zero-order valence-electron chi connectivity index (χ0n) is 61.5. The van der Waals surface area contributed by atoms with Crippen LogP contribution in [0.5, 0.6) is 0 Å². The predicted octanol–water partition coefficient (Wildman–Crippen LogP) is 4.40. The lowest BCUT2D eigenvalue weighted by molar-refractivity contribution is -0.141. The van der Waals surface area contributed by atoms with Crippen molar-refractivity contribution in [2.45, 2.75) is 375 Å². The Morgan fingerprint density at radius 1 is 0.604 bits per heavy atom. The number of aliphatic carboxylic acids is 1. The first kappa shape index (κ1) is 89.3. The minimum absolute atomic E-state index is 0.121. The van der Waals surface area contributed by atoms with Crippen molar-refractivity contribution in [3.63, 3.8) is 0 Å². The fourth-order valence-electron chi connectivity index (χ4n) is 13.7. The summed E-state index contributed by atoms with van der Waals surface area (Å²) in [5.74, 6) is -8.68. The minimum Gasteiger partial charge on any atom is -0.480 e. The number of carboxylic acids is 1. The number of rotatable bonds is 57. The maximum Gasteiger partial charge on any atom is 0.321 e. The van der Waals surface area contributed by atoms with E-state index in [4.69, 9.17) is 40.1 Å². The molecule has 1 aromatic rings. The van der Waals surface area contributed by atoms with Gasteiger partial charge in [0.1, 0.15) is 30.2 Å². The third kappa shape index (κ3) is 41.3. The Hall–Kier alpha value is -5.88. The highest BCUT2D eigenvalue weighted by Crippen LogP contribution is 2.25. The summed E-state index contributed by atoms with van der Waals surface area (Å²) in [7, 11) is 0. The molecule has 0 saturated carbocycles. The molecule has 13 unspecified atom stereocenters. The maximum atomic E-state index is 14.4. The van der Waals surface area contributed by atoms with E-state index in [1.165, 1.54) is 153 Å². The summed E-state index contributed by atoms with van der Waals surface area (Å²) in [5, 5.41) is 46.2. The summed E-state index contributed by atoms with van der Waals surface area (Å²) in [4.78, 5) is 127. The summed E-state index contributed by atoms with van der Waals surface area (Å²) in [6.45, 7) is 3.79. The number of imidazole rings is 1. The van der Waals surface area contributed by atoms with Crippen LogP contribution in [0.25, 0.3) is 0 Å². The smallest absolute Gasteiger partial charge is 0.321 e. The van der Waals surface area contributed by atoms with Gasteiger partial charge in [-0.1, -0.05) is 161 Å². The molecule has 2 saturated heterocycles. The zero-order chi connectivity index (χ0) is 74.3. The quantitative estimate of drug-likeness (QED) is 0.0402. The van der Waals surface area contributed by atoms with E-state index in [2.05, 4.69) is 48.8 Å². The fourth-order valence-corrected chi connectivity index (χ4v) is 13.7. The number of carbonyl (C=O) groups excluding carboxylic acids is 8. The molecular weight excluding hydrogens is 1290 g/mol. The normalized spacial score (nSPS) is 20.2. The Labute approximate surface area is 602 Å². The topological polar surface area (TPSA) is 501 Å². The second kappa shape index (κ2) is 53.0. The zero-order valence-corrected chi connectivity index (χ0v) is 61.5. The number of carboxylic acid groups (broad SMARTS) is 1. The highest BCUT2D eigenvalue weighted by atomic mass is 16.4. The van der Waals surface area contributed by atoms with Crippen molar-refractivity contribution < 1.29 is 58.5 Å². The number of aromatic amines is 1.